The van der Waals surface area contributed by atoms with E-state index in [9.17, 15) is 4.79 Å². The Kier molecular flexibility index (Phi) is 4.09. The molecule has 0 bridgehead atoms. The molecule has 2 aliphatic heterocycles. The summed E-state index contributed by atoms with van der Waals surface area (Å²) in [6.07, 6.45) is 3.22. The molecule has 1 N–H and O–H groups in total. The molecule has 5 heteroatoms. The molecule has 132 valence electrons. The lowest BCUT2D eigenvalue weighted by Gasteiger charge is -2.35. The SMILES string of the molecule is CC1=NN2C(=O)C=C(c3ccc(C#N)cc3)NC2C=C1c1ccc(C)cc1. The van der Waals surface area contributed by atoms with E-state index in [1.807, 2.05) is 25.1 Å². The predicted molar refractivity (Wildman–Crippen MR) is 105 cm³/mol. The van der Waals surface area contributed by atoms with Crippen LogP contribution in [0, 0.1) is 18.3 Å². The lowest BCUT2D eigenvalue weighted by Crippen LogP contribution is -2.49. The van der Waals surface area contributed by atoms with E-state index in [4.69, 9.17) is 5.26 Å². The monoisotopic (exact) mass is 354 g/mol. The van der Waals surface area contributed by atoms with Gasteiger partial charge in [-0.3, -0.25) is 4.79 Å². The molecule has 2 aromatic rings. The Balaban J connectivity index is 1.68. The van der Waals surface area contributed by atoms with Crippen molar-refractivity contribution in [2.45, 2.75) is 20.0 Å². The molecular weight excluding hydrogens is 336 g/mol. The third-order valence-corrected chi connectivity index (χ3v) is 4.72. The average molecular weight is 354 g/mol. The van der Waals surface area contributed by atoms with Crippen LogP contribution in [-0.2, 0) is 4.79 Å². The number of carbonyl (C=O) groups excluding carboxylic acids is 1. The molecule has 5 nitrogen and oxygen atoms in total. The van der Waals surface area contributed by atoms with Crippen molar-refractivity contribution in [1.82, 2.24) is 10.3 Å². The molecule has 2 aromatic carbocycles. The van der Waals surface area contributed by atoms with Gasteiger partial charge in [0.2, 0.25) is 0 Å². The van der Waals surface area contributed by atoms with Crippen molar-refractivity contribution in [2.75, 3.05) is 0 Å². The molecule has 0 saturated carbocycles. The molecule has 27 heavy (non-hydrogen) atoms. The summed E-state index contributed by atoms with van der Waals surface area (Å²) in [5, 5.41) is 18.3. The fourth-order valence-electron chi connectivity index (χ4n) is 3.24. The standard InChI is InChI=1S/C22H18N4O/c1-14-3-7-17(8-4-14)19-11-21-24-20(12-22(27)26(21)25-15(19)2)18-9-5-16(13-23)6-10-18/h3-12,21,24H,1-2H3. The summed E-state index contributed by atoms with van der Waals surface area (Å²) in [6, 6.07) is 17.5. The van der Waals surface area contributed by atoms with Crippen molar-refractivity contribution in [2.24, 2.45) is 5.10 Å². The predicted octanol–water partition coefficient (Wildman–Crippen LogP) is 3.44. The number of hydrazone groups is 1. The number of nitrogens with one attached hydrogen (secondary N) is 1. The van der Waals surface area contributed by atoms with Crippen LogP contribution in [0.25, 0.3) is 11.3 Å². The second-order valence-corrected chi connectivity index (χ2v) is 6.65. The maximum Gasteiger partial charge on any atom is 0.271 e. The minimum atomic E-state index is -0.354. The van der Waals surface area contributed by atoms with Crippen LogP contribution >= 0.6 is 0 Å². The van der Waals surface area contributed by atoms with Crippen LogP contribution in [0.3, 0.4) is 0 Å². The van der Waals surface area contributed by atoms with Crippen LogP contribution in [0.1, 0.15) is 29.2 Å². The molecular formula is C22H18N4O. The van der Waals surface area contributed by atoms with Gasteiger partial charge >= 0.3 is 0 Å². The summed E-state index contributed by atoms with van der Waals surface area (Å²) in [6.45, 7) is 3.97. The van der Waals surface area contributed by atoms with Crippen molar-refractivity contribution in [3.63, 3.8) is 0 Å². The Labute approximate surface area is 157 Å². The fraction of sp³-hybridized carbons (Fsp3) is 0.136. The van der Waals surface area contributed by atoms with E-state index in [1.54, 1.807) is 18.2 Å². The summed E-state index contributed by atoms with van der Waals surface area (Å²) in [5.41, 5.74) is 6.26. The van der Waals surface area contributed by atoms with Gasteiger partial charge in [0.25, 0.3) is 5.91 Å². The lowest BCUT2D eigenvalue weighted by atomic mass is 9.98. The van der Waals surface area contributed by atoms with E-state index in [-0.39, 0.29) is 12.1 Å². The van der Waals surface area contributed by atoms with Crippen molar-refractivity contribution < 1.29 is 4.79 Å². The zero-order valence-corrected chi connectivity index (χ0v) is 15.1. The second kappa shape index (κ2) is 6.58. The molecule has 1 amide bonds. The van der Waals surface area contributed by atoms with Gasteiger partial charge in [-0.2, -0.15) is 10.4 Å². The number of aryl methyl sites for hydroxylation is 1. The quantitative estimate of drug-likeness (QED) is 0.898. The molecule has 2 aliphatic rings. The minimum absolute atomic E-state index is 0.170. The molecule has 0 spiro atoms. The van der Waals surface area contributed by atoms with E-state index in [1.165, 1.54) is 10.6 Å². The Morgan fingerprint density at radius 1 is 1.04 bits per heavy atom. The maximum atomic E-state index is 12.6. The molecule has 0 saturated heterocycles. The van der Waals surface area contributed by atoms with Gasteiger partial charge in [-0.1, -0.05) is 42.0 Å². The van der Waals surface area contributed by atoms with E-state index in [0.717, 1.165) is 28.1 Å². The number of allylic oxidation sites excluding steroid dienone is 1. The Bertz CT molecular complexity index is 1040. The van der Waals surface area contributed by atoms with Gasteiger partial charge in [-0.25, -0.2) is 5.01 Å². The summed E-state index contributed by atoms with van der Waals surface area (Å²) < 4.78 is 0. The molecule has 2 heterocycles. The van der Waals surface area contributed by atoms with Crippen LogP contribution in [0.15, 0.2) is 65.8 Å². The van der Waals surface area contributed by atoms with Gasteiger partial charge in [0.1, 0.15) is 6.17 Å². The molecule has 1 atom stereocenters. The van der Waals surface area contributed by atoms with E-state index in [2.05, 4.69) is 47.7 Å². The topological polar surface area (TPSA) is 68.5 Å². The zero-order chi connectivity index (χ0) is 19.0. The Hall–Kier alpha value is -3.65. The number of rotatable bonds is 2. The number of benzene rings is 2. The first-order valence-corrected chi connectivity index (χ1v) is 8.71. The number of amides is 1. The third-order valence-electron chi connectivity index (χ3n) is 4.72. The molecule has 1 unspecified atom stereocenters. The lowest BCUT2D eigenvalue weighted by molar-refractivity contribution is -0.128. The average Bonchev–Trinajstić information content (AvgIpc) is 2.69. The van der Waals surface area contributed by atoms with E-state index >= 15 is 0 Å². The Morgan fingerprint density at radius 2 is 1.70 bits per heavy atom. The number of hydrogen-bond acceptors (Lipinski definition) is 4. The summed E-state index contributed by atoms with van der Waals surface area (Å²) in [7, 11) is 0. The van der Waals surface area contributed by atoms with Gasteiger partial charge in [0.05, 0.1) is 17.3 Å². The third kappa shape index (κ3) is 3.13. The number of nitriles is 1. The molecule has 4 rings (SSSR count). The van der Waals surface area contributed by atoms with Gasteiger partial charge in [-0.15, -0.1) is 0 Å². The zero-order valence-electron chi connectivity index (χ0n) is 15.1. The van der Waals surface area contributed by atoms with Crippen molar-refractivity contribution >= 4 is 22.9 Å². The normalized spacial score (nSPS) is 18.6. The number of hydrogen-bond donors (Lipinski definition) is 1. The second-order valence-electron chi connectivity index (χ2n) is 6.65. The Morgan fingerprint density at radius 3 is 2.37 bits per heavy atom. The highest BCUT2D eigenvalue weighted by Crippen LogP contribution is 2.27. The van der Waals surface area contributed by atoms with Crippen LogP contribution in [0.5, 0.6) is 0 Å². The van der Waals surface area contributed by atoms with Crippen molar-refractivity contribution in [3.05, 3.63) is 82.9 Å². The summed E-state index contributed by atoms with van der Waals surface area (Å²) in [5.74, 6) is -0.170. The van der Waals surface area contributed by atoms with Crippen LogP contribution < -0.4 is 5.32 Å². The molecule has 0 fully saturated rings. The largest absolute Gasteiger partial charge is 0.360 e. The van der Waals surface area contributed by atoms with Gasteiger partial charge in [0, 0.05) is 17.3 Å². The smallest absolute Gasteiger partial charge is 0.271 e. The fourth-order valence-corrected chi connectivity index (χ4v) is 3.24. The maximum absolute atomic E-state index is 12.6. The van der Waals surface area contributed by atoms with E-state index < -0.39 is 0 Å². The van der Waals surface area contributed by atoms with Crippen LogP contribution in [-0.4, -0.2) is 22.8 Å². The first kappa shape index (κ1) is 16.8. The van der Waals surface area contributed by atoms with Crippen LogP contribution in [0.2, 0.25) is 0 Å². The van der Waals surface area contributed by atoms with Gasteiger partial charge in [0.15, 0.2) is 0 Å². The highest BCUT2D eigenvalue weighted by Gasteiger charge is 2.31. The highest BCUT2D eigenvalue weighted by atomic mass is 16.2. The van der Waals surface area contributed by atoms with Gasteiger partial charge in [-0.05, 0) is 43.2 Å². The minimum Gasteiger partial charge on any atom is -0.360 e. The molecule has 0 radical (unpaired) electrons. The number of nitrogens with zero attached hydrogens (tertiary/aromatic N) is 3. The van der Waals surface area contributed by atoms with Crippen molar-refractivity contribution in [3.8, 4) is 6.07 Å². The first-order valence-electron chi connectivity index (χ1n) is 8.71. The highest BCUT2D eigenvalue weighted by molar-refractivity contribution is 6.23. The van der Waals surface area contributed by atoms with Gasteiger partial charge < -0.3 is 5.32 Å². The molecule has 0 aromatic heterocycles. The number of carbonyl (C=O) groups is 1. The first-order chi connectivity index (χ1) is 13.0. The van der Waals surface area contributed by atoms with Crippen molar-refractivity contribution in [1.29, 1.82) is 5.26 Å². The van der Waals surface area contributed by atoms with E-state index in [0.29, 0.717) is 5.56 Å². The molecule has 0 aliphatic carbocycles. The summed E-state index contributed by atoms with van der Waals surface area (Å²) >= 11 is 0. The summed E-state index contributed by atoms with van der Waals surface area (Å²) in [4.78, 5) is 12.6. The van der Waals surface area contributed by atoms with Crippen LogP contribution in [0.4, 0.5) is 0 Å². The number of fused-ring (bicyclic) bond motifs is 1.